The third-order valence-corrected chi connectivity index (χ3v) is 7.06. The number of hydrogen-bond acceptors (Lipinski definition) is 5. The Morgan fingerprint density at radius 2 is 1.79 bits per heavy atom. The van der Waals surface area contributed by atoms with E-state index in [1.165, 1.54) is 36.7 Å². The van der Waals surface area contributed by atoms with Crippen molar-refractivity contribution < 1.29 is 22.7 Å². The van der Waals surface area contributed by atoms with E-state index in [4.69, 9.17) is 21.1 Å². The molecule has 0 spiro atoms. The molecule has 0 aromatic heterocycles. The minimum absolute atomic E-state index is 0.172. The summed E-state index contributed by atoms with van der Waals surface area (Å²) < 4.78 is 38.0. The fourth-order valence-electron chi connectivity index (χ4n) is 3.36. The number of sulfonamides is 1. The molecule has 156 valence electrons. The van der Waals surface area contributed by atoms with Gasteiger partial charge in [-0.15, -0.1) is 0 Å². The number of nitrogens with zero attached hydrogens (tertiary/aromatic N) is 1. The van der Waals surface area contributed by atoms with Crippen molar-refractivity contribution in [1.82, 2.24) is 4.31 Å². The number of carbonyl (C=O) groups excluding carboxylic acids is 1. The number of hydrogen-bond donors (Lipinski definition) is 1. The van der Waals surface area contributed by atoms with E-state index in [9.17, 15) is 13.2 Å². The molecule has 1 unspecified atom stereocenters. The summed E-state index contributed by atoms with van der Waals surface area (Å²) >= 11 is 6.11. The highest BCUT2D eigenvalue weighted by Crippen LogP contribution is 2.36. The zero-order valence-corrected chi connectivity index (χ0v) is 17.8. The van der Waals surface area contributed by atoms with Crippen LogP contribution in [0.4, 0.5) is 5.69 Å². The first kappa shape index (κ1) is 21.4. The third kappa shape index (κ3) is 4.49. The first-order valence-electron chi connectivity index (χ1n) is 9.17. The molecule has 2 aromatic rings. The SMILES string of the molecule is COc1cc(NC(=O)C2CCCCN2S(=O)(=O)c2ccccc2)c(OC)cc1Cl. The van der Waals surface area contributed by atoms with Crippen molar-refractivity contribution in [2.24, 2.45) is 0 Å². The molecule has 29 heavy (non-hydrogen) atoms. The van der Waals surface area contributed by atoms with Crippen molar-refractivity contribution in [1.29, 1.82) is 0 Å². The Morgan fingerprint density at radius 3 is 2.45 bits per heavy atom. The summed E-state index contributed by atoms with van der Waals surface area (Å²) in [6.07, 6.45) is 1.90. The lowest BCUT2D eigenvalue weighted by Gasteiger charge is -2.33. The summed E-state index contributed by atoms with van der Waals surface area (Å²) in [5, 5.41) is 3.12. The molecule has 1 aliphatic rings. The predicted octanol–water partition coefficient (Wildman–Crippen LogP) is 3.54. The second-order valence-electron chi connectivity index (χ2n) is 6.62. The highest BCUT2D eigenvalue weighted by molar-refractivity contribution is 7.89. The molecule has 1 fully saturated rings. The van der Waals surface area contributed by atoms with Crippen LogP contribution < -0.4 is 14.8 Å². The van der Waals surface area contributed by atoms with Crippen LogP contribution >= 0.6 is 11.6 Å². The van der Waals surface area contributed by atoms with Gasteiger partial charge < -0.3 is 14.8 Å². The maximum Gasteiger partial charge on any atom is 0.243 e. The summed E-state index contributed by atoms with van der Waals surface area (Å²) in [7, 11) is -0.863. The summed E-state index contributed by atoms with van der Waals surface area (Å²) in [6.45, 7) is 0.288. The number of methoxy groups -OCH3 is 2. The molecule has 1 aliphatic heterocycles. The average Bonchev–Trinajstić information content (AvgIpc) is 2.75. The fourth-order valence-corrected chi connectivity index (χ4v) is 5.27. The molecule has 0 bridgehead atoms. The van der Waals surface area contributed by atoms with Gasteiger partial charge in [0.25, 0.3) is 0 Å². The largest absolute Gasteiger partial charge is 0.495 e. The van der Waals surface area contributed by atoms with Gasteiger partial charge in [-0.05, 0) is 25.0 Å². The van der Waals surface area contributed by atoms with E-state index < -0.39 is 22.0 Å². The molecule has 1 saturated heterocycles. The fraction of sp³-hybridized carbons (Fsp3) is 0.350. The van der Waals surface area contributed by atoms with Crippen LogP contribution in [0.3, 0.4) is 0 Å². The number of amides is 1. The second kappa shape index (κ2) is 9.02. The van der Waals surface area contributed by atoms with Crippen molar-refractivity contribution >= 4 is 33.2 Å². The number of nitrogens with one attached hydrogen (secondary N) is 1. The van der Waals surface area contributed by atoms with E-state index in [2.05, 4.69) is 5.32 Å². The number of carbonyl (C=O) groups is 1. The van der Waals surface area contributed by atoms with Gasteiger partial charge in [0.05, 0.1) is 29.8 Å². The van der Waals surface area contributed by atoms with E-state index in [0.29, 0.717) is 35.1 Å². The molecular formula is C20H23ClN2O5S. The van der Waals surface area contributed by atoms with Crippen LogP contribution in [-0.2, 0) is 14.8 Å². The molecule has 1 N–H and O–H groups in total. The van der Waals surface area contributed by atoms with Gasteiger partial charge in [-0.2, -0.15) is 4.31 Å². The Bertz CT molecular complexity index is 982. The molecular weight excluding hydrogens is 416 g/mol. The van der Waals surface area contributed by atoms with Crippen molar-refractivity contribution in [3.8, 4) is 11.5 Å². The van der Waals surface area contributed by atoms with Crippen LogP contribution in [0.15, 0.2) is 47.4 Å². The number of anilines is 1. The van der Waals surface area contributed by atoms with Gasteiger partial charge in [0.2, 0.25) is 15.9 Å². The molecule has 0 radical (unpaired) electrons. The summed E-state index contributed by atoms with van der Waals surface area (Å²) in [6, 6.07) is 10.4. The van der Waals surface area contributed by atoms with Crippen LogP contribution in [0.5, 0.6) is 11.5 Å². The summed E-state index contributed by atoms with van der Waals surface area (Å²) in [4.78, 5) is 13.2. The van der Waals surface area contributed by atoms with Crippen LogP contribution in [0.25, 0.3) is 0 Å². The third-order valence-electron chi connectivity index (χ3n) is 4.84. The monoisotopic (exact) mass is 438 g/mol. The van der Waals surface area contributed by atoms with Gasteiger partial charge >= 0.3 is 0 Å². The van der Waals surface area contributed by atoms with Gasteiger partial charge in [-0.25, -0.2) is 8.42 Å². The van der Waals surface area contributed by atoms with Crippen LogP contribution in [0.2, 0.25) is 5.02 Å². The lowest BCUT2D eigenvalue weighted by Crippen LogP contribution is -2.49. The Kier molecular flexibility index (Phi) is 6.66. The van der Waals surface area contributed by atoms with Gasteiger partial charge in [-0.3, -0.25) is 4.79 Å². The zero-order chi connectivity index (χ0) is 21.0. The van der Waals surface area contributed by atoms with Crippen molar-refractivity contribution in [2.45, 2.75) is 30.2 Å². The van der Waals surface area contributed by atoms with Gasteiger partial charge in [0.15, 0.2) is 0 Å². The van der Waals surface area contributed by atoms with Crippen LogP contribution in [0.1, 0.15) is 19.3 Å². The van der Waals surface area contributed by atoms with Crippen molar-refractivity contribution in [2.75, 3.05) is 26.1 Å². The van der Waals surface area contributed by atoms with E-state index in [0.717, 1.165) is 6.42 Å². The smallest absolute Gasteiger partial charge is 0.243 e. The Morgan fingerprint density at radius 1 is 1.10 bits per heavy atom. The maximum absolute atomic E-state index is 13.1. The second-order valence-corrected chi connectivity index (χ2v) is 8.91. The predicted molar refractivity (Wildman–Crippen MR) is 111 cm³/mol. The minimum Gasteiger partial charge on any atom is -0.495 e. The first-order chi connectivity index (χ1) is 13.9. The molecule has 7 nitrogen and oxygen atoms in total. The number of ether oxygens (including phenoxy) is 2. The highest BCUT2D eigenvalue weighted by atomic mass is 35.5. The lowest BCUT2D eigenvalue weighted by molar-refractivity contribution is -0.120. The zero-order valence-electron chi connectivity index (χ0n) is 16.2. The van der Waals surface area contributed by atoms with Crippen LogP contribution in [-0.4, -0.2) is 45.4 Å². The molecule has 1 heterocycles. The van der Waals surface area contributed by atoms with E-state index >= 15 is 0 Å². The normalized spacial score (nSPS) is 17.6. The Labute approximate surface area is 175 Å². The molecule has 0 saturated carbocycles. The number of rotatable bonds is 6. The van der Waals surface area contributed by atoms with E-state index in [1.807, 2.05) is 0 Å². The maximum atomic E-state index is 13.1. The molecule has 1 atom stereocenters. The topological polar surface area (TPSA) is 84.9 Å². The van der Waals surface area contributed by atoms with E-state index in [-0.39, 0.29) is 11.4 Å². The number of benzene rings is 2. The van der Waals surface area contributed by atoms with Crippen molar-refractivity contribution in [3.05, 3.63) is 47.5 Å². The molecule has 3 rings (SSSR count). The number of piperidine rings is 1. The quantitative estimate of drug-likeness (QED) is 0.745. The standard InChI is InChI=1S/C20H23ClN2O5S/c1-27-18-13-16(19(28-2)12-15(18)21)22-20(24)17-10-6-7-11-23(17)29(25,26)14-8-4-3-5-9-14/h3-5,8-9,12-13,17H,6-7,10-11H2,1-2H3,(H,22,24). The lowest BCUT2D eigenvalue weighted by atomic mass is 10.0. The molecule has 2 aromatic carbocycles. The van der Waals surface area contributed by atoms with Gasteiger partial charge in [0.1, 0.15) is 17.5 Å². The van der Waals surface area contributed by atoms with Gasteiger partial charge in [0, 0.05) is 18.7 Å². The number of halogens is 1. The van der Waals surface area contributed by atoms with Crippen molar-refractivity contribution in [3.63, 3.8) is 0 Å². The first-order valence-corrected chi connectivity index (χ1v) is 11.0. The minimum atomic E-state index is -3.79. The summed E-state index contributed by atoms with van der Waals surface area (Å²) in [5.74, 6) is 0.310. The molecule has 1 amide bonds. The highest BCUT2D eigenvalue weighted by Gasteiger charge is 2.37. The average molecular weight is 439 g/mol. The molecule has 0 aliphatic carbocycles. The van der Waals surface area contributed by atoms with E-state index in [1.54, 1.807) is 24.3 Å². The Balaban J connectivity index is 1.89. The summed E-state index contributed by atoms with van der Waals surface area (Å²) in [5.41, 5.74) is 0.362. The van der Waals surface area contributed by atoms with Gasteiger partial charge in [-0.1, -0.05) is 36.2 Å². The Hall–Kier alpha value is -2.29. The van der Waals surface area contributed by atoms with Crippen LogP contribution in [0, 0.1) is 0 Å². The molecule has 9 heteroatoms.